The first-order valence-corrected chi connectivity index (χ1v) is 5.93. The van der Waals surface area contributed by atoms with Crippen molar-refractivity contribution in [3.63, 3.8) is 0 Å². The molecule has 0 amide bonds. The molecule has 0 saturated heterocycles. The van der Waals surface area contributed by atoms with E-state index in [9.17, 15) is 0 Å². The minimum Gasteiger partial charge on any atom is -0.197 e. The van der Waals surface area contributed by atoms with Crippen LogP contribution in [-0.4, -0.2) is 15.4 Å². The molecule has 1 N–H and O–H groups in total. The average molecular weight is 256 g/mol. The van der Waals surface area contributed by atoms with Crippen molar-refractivity contribution in [1.29, 1.82) is 0 Å². The average Bonchev–Trinajstić information content (AvgIpc) is 2.93. The van der Waals surface area contributed by atoms with Crippen molar-refractivity contribution in [3.8, 4) is 22.4 Å². The standard InChI is InChI=1S/C14H10ClN3/c15-11-7-5-10(6-8-11)12-3-1-2-4-13(12)14-9-16-18-17-14/h1-9H,(H,16,17,18). The zero-order valence-corrected chi connectivity index (χ0v) is 10.2. The van der Waals surface area contributed by atoms with Gasteiger partial charge in [-0.15, -0.1) is 0 Å². The molecule has 3 aromatic rings. The molecule has 0 saturated carbocycles. The molecule has 2 aromatic carbocycles. The fraction of sp³-hybridized carbons (Fsp3) is 0. The summed E-state index contributed by atoms with van der Waals surface area (Å²) in [6, 6.07) is 15.9. The highest BCUT2D eigenvalue weighted by atomic mass is 35.5. The summed E-state index contributed by atoms with van der Waals surface area (Å²) in [6.45, 7) is 0. The number of aromatic nitrogens is 3. The third-order valence-corrected chi connectivity index (χ3v) is 3.03. The lowest BCUT2D eigenvalue weighted by atomic mass is 9.98. The first-order valence-electron chi connectivity index (χ1n) is 5.56. The normalized spacial score (nSPS) is 10.5. The Morgan fingerprint density at radius 1 is 0.889 bits per heavy atom. The Kier molecular flexibility index (Phi) is 2.82. The molecule has 1 heterocycles. The summed E-state index contributed by atoms with van der Waals surface area (Å²) in [4.78, 5) is 0. The molecule has 3 nitrogen and oxygen atoms in total. The Hall–Kier alpha value is -2.13. The van der Waals surface area contributed by atoms with E-state index in [1.807, 2.05) is 42.5 Å². The summed E-state index contributed by atoms with van der Waals surface area (Å²) in [5.74, 6) is 0. The molecule has 1 aromatic heterocycles. The number of hydrogen-bond acceptors (Lipinski definition) is 2. The van der Waals surface area contributed by atoms with Gasteiger partial charge in [-0.3, -0.25) is 0 Å². The van der Waals surface area contributed by atoms with Crippen molar-refractivity contribution in [2.24, 2.45) is 0 Å². The van der Waals surface area contributed by atoms with Crippen LogP contribution in [0.3, 0.4) is 0 Å². The number of halogens is 1. The van der Waals surface area contributed by atoms with Crippen LogP contribution in [0.1, 0.15) is 0 Å². The number of rotatable bonds is 2. The second kappa shape index (κ2) is 4.63. The fourth-order valence-electron chi connectivity index (χ4n) is 1.92. The lowest BCUT2D eigenvalue weighted by Crippen LogP contribution is -1.85. The minimum absolute atomic E-state index is 0.734. The highest BCUT2D eigenvalue weighted by molar-refractivity contribution is 6.30. The van der Waals surface area contributed by atoms with Gasteiger partial charge in [-0.25, -0.2) is 0 Å². The van der Waals surface area contributed by atoms with Gasteiger partial charge in [-0.1, -0.05) is 48.0 Å². The predicted octanol–water partition coefficient (Wildman–Crippen LogP) is 3.79. The van der Waals surface area contributed by atoms with E-state index in [2.05, 4.69) is 21.5 Å². The van der Waals surface area contributed by atoms with Gasteiger partial charge in [0.1, 0.15) is 5.69 Å². The topological polar surface area (TPSA) is 41.6 Å². The summed E-state index contributed by atoms with van der Waals surface area (Å²) in [5, 5.41) is 11.3. The quantitative estimate of drug-likeness (QED) is 0.757. The van der Waals surface area contributed by atoms with E-state index in [1.54, 1.807) is 6.20 Å². The maximum Gasteiger partial charge on any atom is 0.113 e. The zero-order chi connectivity index (χ0) is 12.4. The highest BCUT2D eigenvalue weighted by Crippen LogP contribution is 2.30. The van der Waals surface area contributed by atoms with Gasteiger partial charge >= 0.3 is 0 Å². The molecule has 0 aliphatic heterocycles. The molecule has 0 unspecified atom stereocenters. The molecule has 0 aliphatic rings. The summed E-state index contributed by atoms with van der Waals surface area (Å²) < 4.78 is 0. The Morgan fingerprint density at radius 2 is 1.61 bits per heavy atom. The molecule has 0 atom stereocenters. The Bertz CT molecular complexity index is 645. The van der Waals surface area contributed by atoms with Crippen LogP contribution < -0.4 is 0 Å². The second-order valence-corrected chi connectivity index (χ2v) is 4.34. The van der Waals surface area contributed by atoms with Crippen molar-refractivity contribution in [1.82, 2.24) is 15.4 Å². The first-order chi connectivity index (χ1) is 8.84. The van der Waals surface area contributed by atoms with Gasteiger partial charge in [0.2, 0.25) is 0 Å². The van der Waals surface area contributed by atoms with Crippen LogP contribution in [0.2, 0.25) is 5.02 Å². The van der Waals surface area contributed by atoms with Crippen LogP contribution in [0.4, 0.5) is 0 Å². The van der Waals surface area contributed by atoms with Crippen molar-refractivity contribution < 1.29 is 0 Å². The minimum atomic E-state index is 0.734. The lowest BCUT2D eigenvalue weighted by Gasteiger charge is -2.07. The van der Waals surface area contributed by atoms with Crippen LogP contribution in [-0.2, 0) is 0 Å². The highest BCUT2D eigenvalue weighted by Gasteiger charge is 2.08. The van der Waals surface area contributed by atoms with Gasteiger partial charge < -0.3 is 0 Å². The van der Waals surface area contributed by atoms with Crippen LogP contribution in [0.15, 0.2) is 54.7 Å². The summed E-state index contributed by atoms with van der Waals surface area (Å²) in [5.41, 5.74) is 4.11. The van der Waals surface area contributed by atoms with Crippen molar-refractivity contribution in [3.05, 3.63) is 59.8 Å². The van der Waals surface area contributed by atoms with Crippen LogP contribution >= 0.6 is 11.6 Å². The predicted molar refractivity (Wildman–Crippen MR) is 72.3 cm³/mol. The Morgan fingerprint density at radius 3 is 2.28 bits per heavy atom. The first kappa shape index (κ1) is 11.0. The van der Waals surface area contributed by atoms with E-state index >= 15 is 0 Å². The van der Waals surface area contributed by atoms with Gasteiger partial charge in [0.25, 0.3) is 0 Å². The van der Waals surface area contributed by atoms with Crippen LogP contribution in [0.5, 0.6) is 0 Å². The third-order valence-electron chi connectivity index (χ3n) is 2.77. The van der Waals surface area contributed by atoms with E-state index in [4.69, 9.17) is 11.6 Å². The maximum atomic E-state index is 5.91. The van der Waals surface area contributed by atoms with Crippen LogP contribution in [0, 0.1) is 0 Å². The summed E-state index contributed by atoms with van der Waals surface area (Å²) >= 11 is 5.91. The van der Waals surface area contributed by atoms with E-state index in [0.29, 0.717) is 0 Å². The van der Waals surface area contributed by atoms with Crippen molar-refractivity contribution in [2.75, 3.05) is 0 Å². The van der Waals surface area contributed by atoms with Gasteiger partial charge in [-0.05, 0) is 23.3 Å². The summed E-state index contributed by atoms with van der Waals surface area (Å²) in [7, 11) is 0. The molecule has 0 radical (unpaired) electrons. The molecular formula is C14H10ClN3. The number of H-pyrrole nitrogens is 1. The van der Waals surface area contributed by atoms with Crippen LogP contribution in [0.25, 0.3) is 22.4 Å². The Labute approximate surface area is 109 Å². The van der Waals surface area contributed by atoms with E-state index < -0.39 is 0 Å². The van der Waals surface area contributed by atoms with Crippen molar-refractivity contribution in [2.45, 2.75) is 0 Å². The van der Waals surface area contributed by atoms with Gasteiger partial charge in [0, 0.05) is 10.6 Å². The molecule has 0 aliphatic carbocycles. The molecule has 88 valence electrons. The Balaban J connectivity index is 2.15. The number of nitrogens with zero attached hydrogens (tertiary/aromatic N) is 2. The number of nitrogens with one attached hydrogen (secondary N) is 1. The maximum absolute atomic E-state index is 5.91. The molecule has 3 rings (SSSR count). The molecule has 18 heavy (non-hydrogen) atoms. The lowest BCUT2D eigenvalue weighted by molar-refractivity contribution is 0.942. The second-order valence-electron chi connectivity index (χ2n) is 3.91. The number of benzene rings is 2. The fourth-order valence-corrected chi connectivity index (χ4v) is 2.05. The monoisotopic (exact) mass is 255 g/mol. The largest absolute Gasteiger partial charge is 0.197 e. The number of hydrogen-bond donors (Lipinski definition) is 1. The molecule has 0 spiro atoms. The molecule has 0 fully saturated rings. The molecule has 0 bridgehead atoms. The summed E-state index contributed by atoms with van der Waals surface area (Å²) in [6.07, 6.45) is 1.72. The molecular weight excluding hydrogens is 246 g/mol. The third kappa shape index (κ3) is 2.00. The van der Waals surface area contributed by atoms with E-state index in [1.165, 1.54) is 0 Å². The van der Waals surface area contributed by atoms with Gasteiger partial charge in [-0.2, -0.15) is 15.4 Å². The smallest absolute Gasteiger partial charge is 0.113 e. The van der Waals surface area contributed by atoms with E-state index in [0.717, 1.165) is 27.4 Å². The molecule has 4 heteroatoms. The van der Waals surface area contributed by atoms with Crippen molar-refractivity contribution >= 4 is 11.6 Å². The SMILES string of the molecule is Clc1ccc(-c2ccccc2-c2cn[nH]n2)cc1. The van der Waals surface area contributed by atoms with Gasteiger partial charge in [0.15, 0.2) is 0 Å². The van der Waals surface area contributed by atoms with Gasteiger partial charge in [0.05, 0.1) is 6.20 Å². The number of aromatic amines is 1. The van der Waals surface area contributed by atoms with E-state index in [-0.39, 0.29) is 0 Å². The zero-order valence-electron chi connectivity index (χ0n) is 9.47.